The molecule has 0 spiro atoms. The summed E-state index contributed by atoms with van der Waals surface area (Å²) in [5.74, 6) is 0.371. The zero-order valence-electron chi connectivity index (χ0n) is 12.7. The standard InChI is InChI=1S/C16H21BrN2O2/c1-4-19(10-15(20)18(2)3)16(21)14-9-13(14)11-6-5-7-12(17)8-11/h5-8,13-14H,4,9-10H2,1-3H3. The summed E-state index contributed by atoms with van der Waals surface area (Å²) < 4.78 is 1.04. The third kappa shape index (κ3) is 3.84. The molecule has 21 heavy (non-hydrogen) atoms. The zero-order chi connectivity index (χ0) is 15.6. The van der Waals surface area contributed by atoms with Gasteiger partial charge in [0.15, 0.2) is 0 Å². The highest BCUT2D eigenvalue weighted by Crippen LogP contribution is 2.48. The van der Waals surface area contributed by atoms with Crippen LogP contribution in [0.2, 0.25) is 0 Å². The van der Waals surface area contributed by atoms with Crippen LogP contribution in [0.4, 0.5) is 0 Å². The van der Waals surface area contributed by atoms with Crippen LogP contribution < -0.4 is 0 Å². The molecular formula is C16H21BrN2O2. The average molecular weight is 353 g/mol. The average Bonchev–Trinajstić information content (AvgIpc) is 3.24. The Kier molecular flexibility index (Phi) is 5.04. The van der Waals surface area contributed by atoms with E-state index in [1.54, 1.807) is 19.0 Å². The van der Waals surface area contributed by atoms with Crippen LogP contribution in [-0.4, -0.2) is 48.8 Å². The fourth-order valence-electron chi connectivity index (χ4n) is 2.46. The topological polar surface area (TPSA) is 40.6 Å². The number of hydrogen-bond acceptors (Lipinski definition) is 2. The van der Waals surface area contributed by atoms with Crippen molar-refractivity contribution in [1.82, 2.24) is 9.80 Å². The molecule has 0 saturated heterocycles. The monoisotopic (exact) mass is 352 g/mol. The minimum atomic E-state index is -0.0372. The highest BCUT2D eigenvalue weighted by Gasteiger charge is 2.45. The van der Waals surface area contributed by atoms with Crippen LogP contribution in [0.15, 0.2) is 28.7 Å². The van der Waals surface area contributed by atoms with Crippen molar-refractivity contribution in [3.05, 3.63) is 34.3 Å². The second-order valence-corrected chi connectivity index (χ2v) is 6.56. The van der Waals surface area contributed by atoms with Crippen molar-refractivity contribution >= 4 is 27.7 Å². The first-order valence-corrected chi connectivity index (χ1v) is 7.97. The molecule has 1 aliphatic carbocycles. The molecule has 1 aromatic carbocycles. The van der Waals surface area contributed by atoms with E-state index in [1.807, 2.05) is 19.1 Å². The Hall–Kier alpha value is -1.36. The quantitative estimate of drug-likeness (QED) is 0.816. The number of halogens is 1. The number of rotatable bonds is 5. The molecule has 2 rings (SSSR count). The minimum Gasteiger partial charge on any atom is -0.347 e. The van der Waals surface area contributed by atoms with E-state index in [9.17, 15) is 9.59 Å². The van der Waals surface area contributed by atoms with Gasteiger partial charge >= 0.3 is 0 Å². The third-order valence-corrected chi connectivity index (χ3v) is 4.40. The van der Waals surface area contributed by atoms with Crippen LogP contribution >= 0.6 is 15.9 Å². The fourth-order valence-corrected chi connectivity index (χ4v) is 2.88. The molecule has 0 heterocycles. The first kappa shape index (κ1) is 16.0. The van der Waals surface area contributed by atoms with Crippen LogP contribution in [0.5, 0.6) is 0 Å². The molecule has 1 fully saturated rings. The second kappa shape index (κ2) is 6.60. The van der Waals surface area contributed by atoms with Gasteiger partial charge in [0.05, 0.1) is 6.54 Å². The lowest BCUT2D eigenvalue weighted by atomic mass is 10.1. The summed E-state index contributed by atoms with van der Waals surface area (Å²) in [6.07, 6.45) is 0.877. The van der Waals surface area contributed by atoms with Gasteiger partial charge in [0, 0.05) is 31.0 Å². The predicted octanol–water partition coefficient (Wildman–Crippen LogP) is 2.49. The molecule has 1 aromatic rings. The van der Waals surface area contributed by atoms with Crippen molar-refractivity contribution in [3.63, 3.8) is 0 Å². The van der Waals surface area contributed by atoms with Crippen molar-refractivity contribution in [2.45, 2.75) is 19.3 Å². The third-order valence-electron chi connectivity index (χ3n) is 3.90. The Balaban J connectivity index is 1.99. The molecule has 4 nitrogen and oxygen atoms in total. The van der Waals surface area contributed by atoms with Gasteiger partial charge in [-0.05, 0) is 37.0 Å². The summed E-state index contributed by atoms with van der Waals surface area (Å²) >= 11 is 3.46. The molecule has 0 bridgehead atoms. The lowest BCUT2D eigenvalue weighted by molar-refractivity contribution is -0.139. The van der Waals surface area contributed by atoms with E-state index in [1.165, 1.54) is 10.5 Å². The van der Waals surface area contributed by atoms with Gasteiger partial charge in [-0.3, -0.25) is 9.59 Å². The number of amides is 2. The van der Waals surface area contributed by atoms with E-state index in [4.69, 9.17) is 0 Å². The van der Waals surface area contributed by atoms with Crippen molar-refractivity contribution in [1.29, 1.82) is 0 Å². The smallest absolute Gasteiger partial charge is 0.241 e. The molecule has 0 N–H and O–H groups in total. The van der Waals surface area contributed by atoms with Gasteiger partial charge in [0.25, 0.3) is 0 Å². The lowest BCUT2D eigenvalue weighted by Crippen LogP contribution is -2.41. The van der Waals surface area contributed by atoms with Crippen LogP contribution in [0.1, 0.15) is 24.8 Å². The Labute approximate surface area is 134 Å². The number of benzene rings is 1. The first-order valence-electron chi connectivity index (χ1n) is 7.18. The van der Waals surface area contributed by atoms with E-state index in [-0.39, 0.29) is 24.3 Å². The number of carbonyl (C=O) groups is 2. The van der Waals surface area contributed by atoms with Crippen molar-refractivity contribution in [2.24, 2.45) is 5.92 Å². The molecule has 1 saturated carbocycles. The molecule has 114 valence electrons. The minimum absolute atomic E-state index is 0.0224. The Morgan fingerprint density at radius 3 is 2.62 bits per heavy atom. The van der Waals surface area contributed by atoms with Crippen LogP contribution in [0.25, 0.3) is 0 Å². The SMILES string of the molecule is CCN(CC(=O)N(C)C)C(=O)C1CC1c1cccc(Br)c1. The normalized spacial score (nSPS) is 20.0. The highest BCUT2D eigenvalue weighted by atomic mass is 79.9. The van der Waals surface area contributed by atoms with Crippen molar-refractivity contribution < 1.29 is 9.59 Å². The molecule has 5 heteroatoms. The van der Waals surface area contributed by atoms with Crippen LogP contribution in [-0.2, 0) is 9.59 Å². The summed E-state index contributed by atoms with van der Waals surface area (Å²) in [6, 6.07) is 8.10. The van der Waals surface area contributed by atoms with E-state index in [0.29, 0.717) is 12.5 Å². The van der Waals surface area contributed by atoms with Gasteiger partial charge in [0.2, 0.25) is 11.8 Å². The summed E-state index contributed by atoms with van der Waals surface area (Å²) in [6.45, 7) is 2.65. The van der Waals surface area contributed by atoms with Gasteiger partial charge in [0.1, 0.15) is 0 Å². The van der Waals surface area contributed by atoms with Crippen molar-refractivity contribution in [2.75, 3.05) is 27.2 Å². The van der Waals surface area contributed by atoms with Crippen LogP contribution in [0, 0.1) is 5.92 Å². The zero-order valence-corrected chi connectivity index (χ0v) is 14.3. The largest absolute Gasteiger partial charge is 0.347 e. The van der Waals surface area contributed by atoms with E-state index in [0.717, 1.165) is 10.9 Å². The highest BCUT2D eigenvalue weighted by molar-refractivity contribution is 9.10. The van der Waals surface area contributed by atoms with Gasteiger partial charge < -0.3 is 9.80 Å². The molecule has 1 aliphatic rings. The fraction of sp³-hybridized carbons (Fsp3) is 0.500. The molecule has 0 aromatic heterocycles. The lowest BCUT2D eigenvalue weighted by Gasteiger charge is -2.22. The van der Waals surface area contributed by atoms with E-state index >= 15 is 0 Å². The molecular weight excluding hydrogens is 332 g/mol. The molecule has 2 atom stereocenters. The predicted molar refractivity (Wildman–Crippen MR) is 85.9 cm³/mol. The molecule has 0 aliphatic heterocycles. The maximum atomic E-state index is 12.5. The summed E-state index contributed by atoms with van der Waals surface area (Å²) in [5.41, 5.74) is 1.19. The van der Waals surface area contributed by atoms with Gasteiger partial charge in [-0.25, -0.2) is 0 Å². The molecule has 2 unspecified atom stereocenters. The maximum Gasteiger partial charge on any atom is 0.241 e. The van der Waals surface area contributed by atoms with Gasteiger partial charge in [-0.15, -0.1) is 0 Å². The number of carbonyl (C=O) groups excluding carboxylic acids is 2. The number of nitrogens with zero attached hydrogens (tertiary/aromatic N) is 2. The number of likely N-dealkylation sites (N-methyl/N-ethyl adjacent to an activating group) is 2. The number of hydrogen-bond donors (Lipinski definition) is 0. The van der Waals surface area contributed by atoms with Crippen LogP contribution in [0.3, 0.4) is 0 Å². The van der Waals surface area contributed by atoms with E-state index in [2.05, 4.69) is 28.1 Å². The summed E-state index contributed by atoms with van der Waals surface area (Å²) in [5, 5.41) is 0. The summed E-state index contributed by atoms with van der Waals surface area (Å²) in [7, 11) is 3.42. The first-order chi connectivity index (χ1) is 9.93. The van der Waals surface area contributed by atoms with Gasteiger partial charge in [-0.2, -0.15) is 0 Å². The Bertz CT molecular complexity index is 545. The van der Waals surface area contributed by atoms with E-state index < -0.39 is 0 Å². The molecule has 0 radical (unpaired) electrons. The maximum absolute atomic E-state index is 12.5. The Morgan fingerprint density at radius 1 is 1.33 bits per heavy atom. The van der Waals surface area contributed by atoms with Gasteiger partial charge in [-0.1, -0.05) is 28.1 Å². The second-order valence-electron chi connectivity index (χ2n) is 5.64. The summed E-state index contributed by atoms with van der Waals surface area (Å²) in [4.78, 5) is 27.5. The molecule has 2 amide bonds. The van der Waals surface area contributed by atoms with Crippen molar-refractivity contribution in [3.8, 4) is 0 Å². The Morgan fingerprint density at radius 2 is 2.05 bits per heavy atom.